The van der Waals surface area contributed by atoms with Gasteiger partial charge in [-0.15, -0.1) is 11.3 Å². The molecule has 0 aliphatic heterocycles. The van der Waals surface area contributed by atoms with Crippen LogP contribution in [0.5, 0.6) is 0 Å². The Balaban J connectivity index is 1.99. The van der Waals surface area contributed by atoms with Gasteiger partial charge in [-0.25, -0.2) is 0 Å². The van der Waals surface area contributed by atoms with Gasteiger partial charge in [0.2, 0.25) is 0 Å². The van der Waals surface area contributed by atoms with Crippen LogP contribution in [0.4, 0.5) is 13.2 Å². The molecule has 2 aromatic carbocycles. The van der Waals surface area contributed by atoms with Crippen molar-refractivity contribution in [3.8, 4) is 0 Å². The molecule has 1 aromatic heterocycles. The number of hydrogen-bond donors (Lipinski definition) is 1. The molecular weight excluding hydrogens is 331 g/mol. The second kappa shape index (κ2) is 7.20. The van der Waals surface area contributed by atoms with E-state index in [9.17, 15) is 13.2 Å². The number of rotatable bonds is 5. The number of alkyl halides is 3. The van der Waals surface area contributed by atoms with Crippen LogP contribution in [-0.2, 0) is 0 Å². The summed E-state index contributed by atoms with van der Waals surface area (Å²) in [5.74, 6) is 0. The smallest absolute Gasteiger partial charge is 0.291 e. The van der Waals surface area contributed by atoms with Gasteiger partial charge in [-0.05, 0) is 22.6 Å². The molecule has 3 aromatic rings. The Morgan fingerprint density at radius 3 is 1.71 bits per heavy atom. The van der Waals surface area contributed by atoms with Crippen molar-refractivity contribution < 1.29 is 13.2 Å². The summed E-state index contributed by atoms with van der Waals surface area (Å²) < 4.78 is 40.9. The van der Waals surface area contributed by atoms with Crippen molar-refractivity contribution in [2.45, 2.75) is 18.3 Å². The number of thiophene rings is 1. The second-order valence-electron chi connectivity index (χ2n) is 5.41. The van der Waals surface area contributed by atoms with Crippen LogP contribution in [0.15, 0.2) is 78.2 Å². The van der Waals surface area contributed by atoms with Crippen molar-refractivity contribution in [2.75, 3.05) is 0 Å². The van der Waals surface area contributed by atoms with Crippen molar-refractivity contribution in [3.63, 3.8) is 0 Å². The van der Waals surface area contributed by atoms with Crippen molar-refractivity contribution in [2.24, 2.45) is 0 Å². The molecule has 5 heteroatoms. The van der Waals surface area contributed by atoms with Crippen LogP contribution in [0.2, 0.25) is 0 Å². The molecule has 0 aliphatic carbocycles. The van der Waals surface area contributed by atoms with Gasteiger partial charge in [-0.3, -0.25) is 5.32 Å². The Morgan fingerprint density at radius 2 is 1.29 bits per heavy atom. The SMILES string of the molecule is FC(F)(F)C(NC(c1ccccc1)c1ccccc1)c1cccs1. The Bertz CT molecular complexity index is 700. The molecule has 1 atom stereocenters. The fourth-order valence-corrected chi connectivity index (χ4v) is 3.45. The number of nitrogens with one attached hydrogen (secondary N) is 1. The summed E-state index contributed by atoms with van der Waals surface area (Å²) in [7, 11) is 0. The Morgan fingerprint density at radius 1 is 0.750 bits per heavy atom. The molecule has 0 radical (unpaired) electrons. The summed E-state index contributed by atoms with van der Waals surface area (Å²) in [6.45, 7) is 0. The zero-order valence-corrected chi connectivity index (χ0v) is 13.5. The summed E-state index contributed by atoms with van der Waals surface area (Å²) in [5, 5.41) is 4.48. The van der Waals surface area contributed by atoms with E-state index in [0.29, 0.717) is 0 Å². The van der Waals surface area contributed by atoms with Gasteiger partial charge in [0.25, 0.3) is 0 Å². The molecule has 1 N–H and O–H groups in total. The molecule has 1 heterocycles. The van der Waals surface area contributed by atoms with E-state index >= 15 is 0 Å². The normalized spacial score (nSPS) is 13.2. The van der Waals surface area contributed by atoms with Crippen molar-refractivity contribution in [1.82, 2.24) is 5.32 Å². The molecule has 3 rings (SSSR count). The van der Waals surface area contributed by atoms with E-state index in [-0.39, 0.29) is 4.88 Å². The lowest BCUT2D eigenvalue weighted by molar-refractivity contribution is -0.158. The van der Waals surface area contributed by atoms with Gasteiger partial charge >= 0.3 is 6.18 Å². The predicted molar refractivity (Wildman–Crippen MR) is 91.0 cm³/mol. The van der Waals surface area contributed by atoms with Crippen LogP contribution < -0.4 is 5.32 Å². The van der Waals surface area contributed by atoms with E-state index in [1.807, 2.05) is 60.7 Å². The highest BCUT2D eigenvalue weighted by Crippen LogP contribution is 2.38. The number of halogens is 3. The van der Waals surface area contributed by atoms with Gasteiger partial charge in [0.05, 0.1) is 6.04 Å². The zero-order valence-electron chi connectivity index (χ0n) is 12.7. The number of benzene rings is 2. The minimum absolute atomic E-state index is 0.263. The highest BCUT2D eigenvalue weighted by molar-refractivity contribution is 7.10. The van der Waals surface area contributed by atoms with Gasteiger partial charge in [0.1, 0.15) is 6.04 Å². The predicted octanol–water partition coefficient (Wildman–Crippen LogP) is 5.73. The minimum atomic E-state index is -4.37. The third-order valence-electron chi connectivity index (χ3n) is 3.75. The van der Waals surface area contributed by atoms with E-state index in [0.717, 1.165) is 22.5 Å². The standard InChI is InChI=1S/C19H16F3NS/c20-19(21,22)18(16-12-7-13-24-16)23-17(14-8-3-1-4-9-14)15-10-5-2-6-11-15/h1-13,17-18,23H. The van der Waals surface area contributed by atoms with E-state index in [1.165, 1.54) is 6.07 Å². The third kappa shape index (κ3) is 3.86. The lowest BCUT2D eigenvalue weighted by atomic mass is 9.97. The highest BCUT2D eigenvalue weighted by Gasteiger charge is 2.42. The van der Waals surface area contributed by atoms with Crippen molar-refractivity contribution in [3.05, 3.63) is 94.2 Å². The fraction of sp³-hybridized carbons (Fsp3) is 0.158. The Labute approximate surface area is 142 Å². The first-order chi connectivity index (χ1) is 11.6. The highest BCUT2D eigenvalue weighted by atomic mass is 32.1. The van der Waals surface area contributed by atoms with E-state index in [1.54, 1.807) is 11.4 Å². The van der Waals surface area contributed by atoms with Crippen LogP contribution in [-0.4, -0.2) is 6.18 Å². The number of hydrogen-bond acceptors (Lipinski definition) is 2. The Kier molecular flexibility index (Phi) is 5.02. The van der Waals surface area contributed by atoms with Crippen LogP contribution >= 0.6 is 11.3 Å². The topological polar surface area (TPSA) is 12.0 Å². The van der Waals surface area contributed by atoms with E-state index in [4.69, 9.17) is 0 Å². The molecule has 0 amide bonds. The van der Waals surface area contributed by atoms with Gasteiger partial charge in [-0.2, -0.15) is 13.2 Å². The molecule has 24 heavy (non-hydrogen) atoms. The molecule has 1 unspecified atom stereocenters. The molecule has 0 fully saturated rings. The van der Waals surface area contributed by atoms with Gasteiger partial charge < -0.3 is 0 Å². The molecule has 124 valence electrons. The summed E-state index contributed by atoms with van der Waals surface area (Å²) in [6, 6.07) is 19.3. The maximum Gasteiger partial charge on any atom is 0.408 e. The van der Waals surface area contributed by atoms with Crippen molar-refractivity contribution in [1.29, 1.82) is 0 Å². The average molecular weight is 347 g/mol. The molecule has 0 aliphatic rings. The van der Waals surface area contributed by atoms with E-state index in [2.05, 4.69) is 5.32 Å². The molecular formula is C19H16F3NS. The van der Waals surface area contributed by atoms with Gasteiger partial charge in [-0.1, -0.05) is 66.7 Å². The fourth-order valence-electron chi connectivity index (χ4n) is 2.64. The first kappa shape index (κ1) is 16.7. The molecule has 0 saturated carbocycles. The maximum absolute atomic E-state index is 13.6. The van der Waals surface area contributed by atoms with Gasteiger partial charge in [0, 0.05) is 4.88 Å². The molecule has 0 bridgehead atoms. The first-order valence-electron chi connectivity index (χ1n) is 7.52. The van der Waals surface area contributed by atoms with Crippen LogP contribution in [0, 0.1) is 0 Å². The second-order valence-corrected chi connectivity index (χ2v) is 6.39. The first-order valence-corrected chi connectivity index (χ1v) is 8.40. The lowest BCUT2D eigenvalue weighted by Crippen LogP contribution is -2.36. The average Bonchev–Trinajstić information content (AvgIpc) is 3.10. The summed E-state index contributed by atoms with van der Waals surface area (Å²) in [5.41, 5.74) is 1.60. The lowest BCUT2D eigenvalue weighted by Gasteiger charge is -2.27. The summed E-state index contributed by atoms with van der Waals surface area (Å²) in [6.07, 6.45) is -4.37. The largest absolute Gasteiger partial charge is 0.408 e. The molecule has 1 nitrogen and oxygen atoms in total. The zero-order chi connectivity index (χ0) is 17.0. The quantitative estimate of drug-likeness (QED) is 0.621. The van der Waals surface area contributed by atoms with Crippen LogP contribution in [0.3, 0.4) is 0 Å². The summed E-state index contributed by atoms with van der Waals surface area (Å²) >= 11 is 1.11. The minimum Gasteiger partial charge on any atom is -0.291 e. The van der Waals surface area contributed by atoms with Crippen LogP contribution in [0.25, 0.3) is 0 Å². The molecule has 0 spiro atoms. The third-order valence-corrected chi connectivity index (χ3v) is 4.69. The Hall–Kier alpha value is -2.11. The maximum atomic E-state index is 13.6. The van der Waals surface area contributed by atoms with Crippen molar-refractivity contribution >= 4 is 11.3 Å². The van der Waals surface area contributed by atoms with Gasteiger partial charge in [0.15, 0.2) is 0 Å². The molecule has 0 saturated heterocycles. The van der Waals surface area contributed by atoms with Crippen LogP contribution in [0.1, 0.15) is 28.1 Å². The monoisotopic (exact) mass is 347 g/mol. The summed E-state index contributed by atoms with van der Waals surface area (Å²) in [4.78, 5) is 0.263. The van der Waals surface area contributed by atoms with E-state index < -0.39 is 18.3 Å².